The number of ether oxygens (including phenoxy) is 2. The maximum absolute atomic E-state index is 5.75. The summed E-state index contributed by atoms with van der Waals surface area (Å²) in [6, 6.07) is 17.8. The molecule has 2 aromatic rings. The van der Waals surface area contributed by atoms with Crippen LogP contribution >= 0.6 is 0 Å². The molecule has 20 heavy (non-hydrogen) atoms. The van der Waals surface area contributed by atoms with Crippen molar-refractivity contribution in [2.24, 2.45) is 5.73 Å². The molecule has 0 saturated heterocycles. The number of nitrogens with two attached hydrogens (primary N) is 1. The highest BCUT2D eigenvalue weighted by Crippen LogP contribution is 2.20. The predicted octanol–water partition coefficient (Wildman–Crippen LogP) is 3.38. The fourth-order valence-corrected chi connectivity index (χ4v) is 1.85. The molecular formula is C17H21NO2. The van der Waals surface area contributed by atoms with Gasteiger partial charge in [-0.15, -0.1) is 0 Å². The summed E-state index contributed by atoms with van der Waals surface area (Å²) < 4.78 is 11.5. The van der Waals surface area contributed by atoms with Crippen molar-refractivity contribution in [3.63, 3.8) is 0 Å². The highest BCUT2D eigenvalue weighted by Gasteiger charge is 2.05. The zero-order valence-electron chi connectivity index (χ0n) is 11.8. The lowest BCUT2D eigenvalue weighted by molar-refractivity contribution is 0.205. The molecule has 0 bridgehead atoms. The second-order valence-electron chi connectivity index (χ2n) is 4.63. The molecule has 1 unspecified atom stereocenters. The molecule has 0 saturated carbocycles. The van der Waals surface area contributed by atoms with E-state index in [1.165, 1.54) is 0 Å². The molecule has 0 spiro atoms. The molecule has 1 atom stereocenters. The van der Waals surface area contributed by atoms with E-state index in [9.17, 15) is 0 Å². The van der Waals surface area contributed by atoms with Gasteiger partial charge in [0, 0.05) is 6.54 Å². The van der Waals surface area contributed by atoms with Gasteiger partial charge in [-0.05, 0) is 36.2 Å². The molecular weight excluding hydrogens is 250 g/mol. The van der Waals surface area contributed by atoms with Crippen LogP contribution in [-0.2, 0) is 6.61 Å². The van der Waals surface area contributed by atoms with Gasteiger partial charge >= 0.3 is 0 Å². The van der Waals surface area contributed by atoms with Crippen LogP contribution in [0.3, 0.4) is 0 Å². The third-order valence-electron chi connectivity index (χ3n) is 3.09. The van der Waals surface area contributed by atoms with Crippen molar-refractivity contribution in [1.29, 1.82) is 0 Å². The third kappa shape index (κ3) is 4.28. The second kappa shape index (κ2) is 7.56. The fraction of sp³-hybridized carbons (Fsp3) is 0.294. The van der Waals surface area contributed by atoms with Crippen LogP contribution in [0.25, 0.3) is 0 Å². The summed E-state index contributed by atoms with van der Waals surface area (Å²) in [7, 11) is 0. The van der Waals surface area contributed by atoms with Crippen molar-refractivity contribution in [3.8, 4) is 11.5 Å². The van der Waals surface area contributed by atoms with Crippen LogP contribution in [0, 0.1) is 0 Å². The molecule has 0 aliphatic heterocycles. The Morgan fingerprint density at radius 3 is 2.20 bits per heavy atom. The van der Waals surface area contributed by atoms with Gasteiger partial charge in [-0.25, -0.2) is 0 Å². The standard InChI is InChI=1S/C17H21NO2/c1-2-15(12-18)20-17-10-8-16(9-11-17)19-13-14-6-4-3-5-7-14/h3-11,15H,2,12-13,18H2,1H3. The highest BCUT2D eigenvalue weighted by molar-refractivity contribution is 5.31. The number of rotatable bonds is 7. The van der Waals surface area contributed by atoms with Gasteiger partial charge in [0.2, 0.25) is 0 Å². The third-order valence-corrected chi connectivity index (χ3v) is 3.09. The molecule has 0 fully saturated rings. The maximum Gasteiger partial charge on any atom is 0.120 e. The van der Waals surface area contributed by atoms with Crippen LogP contribution in [0.15, 0.2) is 54.6 Å². The highest BCUT2D eigenvalue weighted by atomic mass is 16.5. The van der Waals surface area contributed by atoms with Crippen molar-refractivity contribution in [2.45, 2.75) is 26.1 Å². The second-order valence-corrected chi connectivity index (χ2v) is 4.63. The van der Waals surface area contributed by atoms with Gasteiger partial charge in [0.1, 0.15) is 24.2 Å². The van der Waals surface area contributed by atoms with Crippen LogP contribution in [0.2, 0.25) is 0 Å². The Balaban J connectivity index is 1.88. The summed E-state index contributed by atoms with van der Waals surface area (Å²) in [5.41, 5.74) is 6.78. The molecule has 3 heteroatoms. The Hall–Kier alpha value is -2.00. The summed E-state index contributed by atoms with van der Waals surface area (Å²) >= 11 is 0. The van der Waals surface area contributed by atoms with E-state index in [1.807, 2.05) is 54.6 Å². The first-order chi connectivity index (χ1) is 9.81. The zero-order valence-corrected chi connectivity index (χ0v) is 11.8. The van der Waals surface area contributed by atoms with Crippen molar-refractivity contribution >= 4 is 0 Å². The van der Waals surface area contributed by atoms with Crippen LogP contribution in [0.1, 0.15) is 18.9 Å². The first-order valence-corrected chi connectivity index (χ1v) is 6.95. The lowest BCUT2D eigenvalue weighted by Crippen LogP contribution is -2.25. The Bertz CT molecular complexity index is 492. The predicted molar refractivity (Wildman–Crippen MR) is 81.0 cm³/mol. The molecule has 2 aromatic carbocycles. The minimum Gasteiger partial charge on any atom is -0.489 e. The quantitative estimate of drug-likeness (QED) is 0.839. The number of hydrogen-bond acceptors (Lipinski definition) is 3. The molecule has 2 N–H and O–H groups in total. The Morgan fingerprint density at radius 1 is 0.950 bits per heavy atom. The zero-order chi connectivity index (χ0) is 14.2. The first kappa shape index (κ1) is 14.4. The fourth-order valence-electron chi connectivity index (χ4n) is 1.85. The molecule has 0 amide bonds. The Labute approximate surface area is 120 Å². The van der Waals surface area contributed by atoms with E-state index in [2.05, 4.69) is 6.92 Å². The van der Waals surface area contributed by atoms with Crippen LogP contribution < -0.4 is 15.2 Å². The number of hydrogen-bond donors (Lipinski definition) is 1. The summed E-state index contributed by atoms with van der Waals surface area (Å²) in [6.45, 7) is 3.17. The Kier molecular flexibility index (Phi) is 5.44. The van der Waals surface area contributed by atoms with Crippen LogP contribution in [0.4, 0.5) is 0 Å². The normalized spacial score (nSPS) is 11.9. The van der Waals surface area contributed by atoms with Crippen molar-refractivity contribution < 1.29 is 9.47 Å². The van der Waals surface area contributed by atoms with Crippen molar-refractivity contribution in [2.75, 3.05) is 6.54 Å². The summed E-state index contributed by atoms with van der Waals surface area (Å²) in [6.07, 6.45) is 0.981. The van der Waals surface area contributed by atoms with Crippen molar-refractivity contribution in [1.82, 2.24) is 0 Å². The molecule has 3 nitrogen and oxygen atoms in total. The van der Waals surface area contributed by atoms with E-state index in [4.69, 9.17) is 15.2 Å². The lowest BCUT2D eigenvalue weighted by Gasteiger charge is -2.15. The molecule has 0 radical (unpaired) electrons. The van der Waals surface area contributed by atoms with Gasteiger partial charge in [0.25, 0.3) is 0 Å². The molecule has 0 aliphatic carbocycles. The molecule has 0 heterocycles. The SMILES string of the molecule is CCC(CN)Oc1ccc(OCc2ccccc2)cc1. The topological polar surface area (TPSA) is 44.5 Å². The van der Waals surface area contributed by atoms with Gasteiger partial charge in [-0.1, -0.05) is 37.3 Å². The molecule has 0 aliphatic rings. The van der Waals surface area contributed by atoms with Crippen molar-refractivity contribution in [3.05, 3.63) is 60.2 Å². The van der Waals surface area contributed by atoms with Gasteiger partial charge in [0.15, 0.2) is 0 Å². The minimum absolute atomic E-state index is 0.0751. The van der Waals surface area contributed by atoms with Gasteiger partial charge < -0.3 is 15.2 Å². The van der Waals surface area contributed by atoms with Gasteiger partial charge in [0.05, 0.1) is 0 Å². The minimum atomic E-state index is 0.0751. The number of benzene rings is 2. The van der Waals surface area contributed by atoms with Crippen LogP contribution in [-0.4, -0.2) is 12.6 Å². The average molecular weight is 271 g/mol. The van der Waals surface area contributed by atoms with E-state index in [0.717, 1.165) is 23.5 Å². The van der Waals surface area contributed by atoms with E-state index in [1.54, 1.807) is 0 Å². The first-order valence-electron chi connectivity index (χ1n) is 6.95. The Morgan fingerprint density at radius 2 is 1.60 bits per heavy atom. The largest absolute Gasteiger partial charge is 0.489 e. The van der Waals surface area contributed by atoms with Crippen LogP contribution in [0.5, 0.6) is 11.5 Å². The molecule has 0 aromatic heterocycles. The molecule has 106 valence electrons. The van der Waals surface area contributed by atoms with E-state index in [0.29, 0.717) is 13.2 Å². The monoisotopic (exact) mass is 271 g/mol. The van der Waals surface area contributed by atoms with Gasteiger partial charge in [-0.3, -0.25) is 0 Å². The smallest absolute Gasteiger partial charge is 0.120 e. The average Bonchev–Trinajstić information content (AvgIpc) is 2.53. The summed E-state index contributed by atoms with van der Waals surface area (Å²) in [5, 5.41) is 0. The lowest BCUT2D eigenvalue weighted by atomic mass is 10.2. The molecule has 2 rings (SSSR count). The van der Waals surface area contributed by atoms with E-state index < -0.39 is 0 Å². The summed E-state index contributed by atoms with van der Waals surface area (Å²) in [5.74, 6) is 1.66. The van der Waals surface area contributed by atoms with E-state index in [-0.39, 0.29) is 6.10 Å². The van der Waals surface area contributed by atoms with Gasteiger partial charge in [-0.2, -0.15) is 0 Å². The van der Waals surface area contributed by atoms with E-state index >= 15 is 0 Å². The summed E-state index contributed by atoms with van der Waals surface area (Å²) in [4.78, 5) is 0. The maximum atomic E-state index is 5.75.